The number of nitrogens with zero attached hydrogens (tertiary/aromatic N) is 3. The second kappa shape index (κ2) is 9.76. The number of furan rings is 1. The molecule has 2 aromatic carbocycles. The van der Waals surface area contributed by atoms with Crippen molar-refractivity contribution in [2.24, 2.45) is 0 Å². The van der Waals surface area contributed by atoms with Crippen LogP contribution in [0, 0.1) is 0 Å². The lowest BCUT2D eigenvalue weighted by atomic mass is 10.1. The fourth-order valence-electron chi connectivity index (χ4n) is 3.22. The molecule has 0 saturated heterocycles. The third-order valence-electron chi connectivity index (χ3n) is 4.85. The molecule has 0 fully saturated rings. The Bertz CT molecular complexity index is 1160. The van der Waals surface area contributed by atoms with Gasteiger partial charge < -0.3 is 14.6 Å². The number of thioether (sulfide) groups is 1. The number of benzene rings is 2. The summed E-state index contributed by atoms with van der Waals surface area (Å²) in [6, 6.07) is 17.4. The van der Waals surface area contributed by atoms with Crippen LogP contribution in [-0.4, -0.2) is 41.4 Å². The summed E-state index contributed by atoms with van der Waals surface area (Å²) in [7, 11) is 4.11. The lowest BCUT2D eigenvalue weighted by Gasteiger charge is -2.10. The van der Waals surface area contributed by atoms with Gasteiger partial charge in [-0.2, -0.15) is 0 Å². The Balaban J connectivity index is 1.53. The van der Waals surface area contributed by atoms with E-state index >= 15 is 0 Å². The number of nitrogens with one attached hydrogen (secondary N) is 1. The van der Waals surface area contributed by atoms with Gasteiger partial charge in [-0.25, -0.2) is 9.97 Å². The van der Waals surface area contributed by atoms with Gasteiger partial charge in [0.25, 0.3) is 5.91 Å². The highest BCUT2D eigenvalue weighted by atomic mass is 32.2. The maximum atomic E-state index is 13.1. The van der Waals surface area contributed by atoms with Gasteiger partial charge in [-0.1, -0.05) is 42.1 Å². The molecule has 0 aliphatic rings. The second-order valence-electron chi connectivity index (χ2n) is 7.43. The van der Waals surface area contributed by atoms with Crippen LogP contribution < -0.4 is 5.32 Å². The summed E-state index contributed by atoms with van der Waals surface area (Å²) in [5.74, 6) is 0.593. The molecule has 4 aromatic rings. The van der Waals surface area contributed by atoms with Gasteiger partial charge in [-0.15, -0.1) is 0 Å². The van der Waals surface area contributed by atoms with Crippen molar-refractivity contribution in [1.82, 2.24) is 14.9 Å². The van der Waals surface area contributed by atoms with Crippen molar-refractivity contribution in [2.45, 2.75) is 17.3 Å². The molecular weight excluding hydrogens is 408 g/mol. The summed E-state index contributed by atoms with van der Waals surface area (Å²) < 4.78 is 5.94. The van der Waals surface area contributed by atoms with Crippen LogP contribution in [0.4, 0.5) is 5.69 Å². The van der Waals surface area contributed by atoms with Crippen LogP contribution in [0.3, 0.4) is 0 Å². The number of hydrogen-bond donors (Lipinski definition) is 1. The molecule has 0 atom stereocenters. The summed E-state index contributed by atoms with van der Waals surface area (Å²) in [5.41, 5.74) is 3.50. The summed E-state index contributed by atoms with van der Waals surface area (Å²) in [4.78, 5) is 23.7. The van der Waals surface area contributed by atoms with E-state index < -0.39 is 0 Å². The summed E-state index contributed by atoms with van der Waals surface area (Å²) >= 11 is 1.47. The Morgan fingerprint density at radius 1 is 1.03 bits per heavy atom. The first-order valence-corrected chi connectivity index (χ1v) is 11.0. The van der Waals surface area contributed by atoms with Crippen molar-refractivity contribution < 1.29 is 9.21 Å². The first kappa shape index (κ1) is 21.1. The number of likely N-dealkylation sites (N-methyl/N-ethyl adjacent to an activating group) is 1. The van der Waals surface area contributed by atoms with Crippen LogP contribution in [-0.2, 0) is 12.2 Å². The van der Waals surface area contributed by atoms with E-state index in [4.69, 9.17) is 4.42 Å². The van der Waals surface area contributed by atoms with E-state index in [1.807, 2.05) is 48.5 Å². The Morgan fingerprint density at radius 3 is 2.52 bits per heavy atom. The molecule has 6 nitrogen and oxygen atoms in total. The zero-order valence-electron chi connectivity index (χ0n) is 17.5. The predicted molar refractivity (Wildman–Crippen MR) is 124 cm³/mol. The molecule has 0 bridgehead atoms. The van der Waals surface area contributed by atoms with Crippen LogP contribution in [0.2, 0.25) is 0 Å². The minimum Gasteiger partial charge on any atom is -0.451 e. The van der Waals surface area contributed by atoms with E-state index in [-0.39, 0.29) is 5.91 Å². The molecule has 1 N–H and O–H groups in total. The fraction of sp³-hybridized carbons (Fsp3) is 0.208. The molecule has 4 rings (SSSR count). The van der Waals surface area contributed by atoms with Gasteiger partial charge >= 0.3 is 0 Å². The molecule has 7 heteroatoms. The Hall–Kier alpha value is -3.16. The van der Waals surface area contributed by atoms with Gasteiger partial charge in [0.1, 0.15) is 5.58 Å². The van der Waals surface area contributed by atoms with Crippen molar-refractivity contribution in [3.8, 4) is 0 Å². The largest absolute Gasteiger partial charge is 0.451 e. The molecule has 0 unspecified atom stereocenters. The highest BCUT2D eigenvalue weighted by molar-refractivity contribution is 7.98. The number of carbonyl (C=O) groups excluding carboxylic acids is 1. The number of amides is 1. The maximum absolute atomic E-state index is 13.1. The smallest absolute Gasteiger partial charge is 0.291 e. The van der Waals surface area contributed by atoms with E-state index in [0.29, 0.717) is 22.3 Å². The molecule has 158 valence electrons. The number of fused-ring (bicyclic) bond motifs is 1. The first-order chi connectivity index (χ1) is 15.1. The predicted octanol–water partition coefficient (Wildman–Crippen LogP) is 4.87. The van der Waals surface area contributed by atoms with Crippen molar-refractivity contribution in [3.05, 3.63) is 83.9 Å². The third-order valence-corrected chi connectivity index (χ3v) is 5.75. The molecule has 0 radical (unpaired) electrons. The van der Waals surface area contributed by atoms with Crippen molar-refractivity contribution >= 4 is 34.3 Å². The molecule has 31 heavy (non-hydrogen) atoms. The molecule has 0 aliphatic carbocycles. The van der Waals surface area contributed by atoms with Gasteiger partial charge in [-0.3, -0.25) is 4.79 Å². The summed E-state index contributed by atoms with van der Waals surface area (Å²) in [6.07, 6.45) is 4.38. The van der Waals surface area contributed by atoms with Crippen LogP contribution in [0.1, 0.15) is 21.7 Å². The number of para-hydroxylation sites is 1. The van der Waals surface area contributed by atoms with Crippen LogP contribution in [0.25, 0.3) is 11.0 Å². The van der Waals surface area contributed by atoms with Crippen LogP contribution >= 0.6 is 11.8 Å². The second-order valence-corrected chi connectivity index (χ2v) is 8.37. The highest BCUT2D eigenvalue weighted by Crippen LogP contribution is 2.31. The monoisotopic (exact) mass is 432 g/mol. The van der Waals surface area contributed by atoms with E-state index in [1.54, 1.807) is 18.5 Å². The van der Waals surface area contributed by atoms with Gasteiger partial charge in [0.15, 0.2) is 10.9 Å². The van der Waals surface area contributed by atoms with Crippen molar-refractivity contribution in [2.75, 3.05) is 26.0 Å². The number of aromatic nitrogens is 2. The standard InChI is InChI=1S/C24H24N4O2S/c1-28(2)15-12-17-8-10-18(11-9-17)27-23(29)22-20(16-31-24-25-13-5-14-26-24)19-6-3-4-7-21(19)30-22/h3-11,13-14H,12,15-16H2,1-2H3,(H,27,29). The topological polar surface area (TPSA) is 71.3 Å². The Morgan fingerprint density at radius 2 is 1.77 bits per heavy atom. The minimum absolute atomic E-state index is 0.262. The lowest BCUT2D eigenvalue weighted by molar-refractivity contribution is 0.0998. The van der Waals surface area contributed by atoms with Crippen LogP contribution in [0.5, 0.6) is 0 Å². The molecule has 2 aromatic heterocycles. The summed E-state index contributed by atoms with van der Waals surface area (Å²) in [6.45, 7) is 0.983. The van der Waals surface area contributed by atoms with Gasteiger partial charge in [0.2, 0.25) is 0 Å². The van der Waals surface area contributed by atoms with Gasteiger partial charge in [0, 0.05) is 41.3 Å². The maximum Gasteiger partial charge on any atom is 0.291 e. The van der Waals surface area contributed by atoms with Crippen molar-refractivity contribution in [1.29, 1.82) is 0 Å². The molecular formula is C24H24N4O2S. The summed E-state index contributed by atoms with van der Waals surface area (Å²) in [5, 5.41) is 4.55. The first-order valence-electron chi connectivity index (χ1n) is 10.1. The normalized spacial score (nSPS) is 11.2. The zero-order chi connectivity index (χ0) is 21.6. The van der Waals surface area contributed by atoms with Crippen LogP contribution in [0.15, 0.2) is 76.6 Å². The van der Waals surface area contributed by atoms with Crippen molar-refractivity contribution in [3.63, 3.8) is 0 Å². The molecule has 0 saturated carbocycles. The van der Waals surface area contributed by atoms with E-state index in [9.17, 15) is 4.79 Å². The lowest BCUT2D eigenvalue weighted by Crippen LogP contribution is -2.15. The Kier molecular flexibility index (Phi) is 6.64. The molecule has 1 amide bonds. The quantitative estimate of drug-likeness (QED) is 0.316. The molecule has 0 spiro atoms. The number of hydrogen-bond acceptors (Lipinski definition) is 6. The number of rotatable bonds is 8. The minimum atomic E-state index is -0.262. The zero-order valence-corrected chi connectivity index (χ0v) is 18.4. The van der Waals surface area contributed by atoms with E-state index in [2.05, 4.69) is 34.3 Å². The van der Waals surface area contributed by atoms with Gasteiger partial charge in [-0.05, 0) is 50.3 Å². The molecule has 2 heterocycles. The SMILES string of the molecule is CN(C)CCc1ccc(NC(=O)c2oc3ccccc3c2CSc2ncccn2)cc1. The average Bonchev–Trinajstić information content (AvgIpc) is 3.17. The molecule has 0 aliphatic heterocycles. The van der Waals surface area contributed by atoms with E-state index in [0.717, 1.165) is 29.6 Å². The number of carbonyl (C=O) groups is 1. The Labute approximate surface area is 185 Å². The average molecular weight is 433 g/mol. The highest BCUT2D eigenvalue weighted by Gasteiger charge is 2.21. The van der Waals surface area contributed by atoms with Gasteiger partial charge in [0.05, 0.1) is 0 Å². The van der Waals surface area contributed by atoms with E-state index in [1.165, 1.54) is 17.3 Å². The fourth-order valence-corrected chi connectivity index (χ4v) is 4.05. The number of anilines is 1. The third kappa shape index (κ3) is 5.31.